The van der Waals surface area contributed by atoms with Crippen molar-refractivity contribution in [1.29, 1.82) is 0 Å². The van der Waals surface area contributed by atoms with Crippen LogP contribution in [0.2, 0.25) is 0 Å². The van der Waals surface area contributed by atoms with Crippen LogP contribution in [0.1, 0.15) is 50.5 Å². The lowest BCUT2D eigenvalue weighted by molar-refractivity contribution is -0.123. The second-order valence-electron chi connectivity index (χ2n) is 6.02. The average Bonchev–Trinajstić information content (AvgIpc) is 2.66. The zero-order valence-corrected chi connectivity index (χ0v) is 13.6. The Balaban J connectivity index is 0.00000220. The molecule has 0 aromatic heterocycles. The topological polar surface area (TPSA) is 55.1 Å². The Bertz CT molecular complexity index is 424. The molecule has 0 radical (unpaired) electrons. The summed E-state index contributed by atoms with van der Waals surface area (Å²) in [6, 6.07) is 10.2. The third-order valence-electron chi connectivity index (χ3n) is 4.36. The SMILES string of the molecule is CC1CCCC(NC(=O)C(CN)c2ccccc2)CC1.Cl. The number of hydrogen-bond acceptors (Lipinski definition) is 2. The molecule has 3 nitrogen and oxygen atoms in total. The van der Waals surface area contributed by atoms with E-state index in [-0.39, 0.29) is 24.2 Å². The minimum Gasteiger partial charge on any atom is -0.353 e. The van der Waals surface area contributed by atoms with E-state index in [1.807, 2.05) is 30.3 Å². The maximum Gasteiger partial charge on any atom is 0.229 e. The highest BCUT2D eigenvalue weighted by atomic mass is 35.5. The zero-order chi connectivity index (χ0) is 14.4. The van der Waals surface area contributed by atoms with Gasteiger partial charge >= 0.3 is 0 Å². The normalized spacial score (nSPS) is 23.5. The van der Waals surface area contributed by atoms with Gasteiger partial charge in [0.25, 0.3) is 0 Å². The molecular formula is C17H27ClN2O. The van der Waals surface area contributed by atoms with Crippen LogP contribution in [0.15, 0.2) is 30.3 Å². The molecule has 0 bridgehead atoms. The number of nitrogens with two attached hydrogens (primary N) is 1. The molecule has 3 N–H and O–H groups in total. The van der Waals surface area contributed by atoms with Gasteiger partial charge in [-0.3, -0.25) is 4.79 Å². The fourth-order valence-electron chi connectivity index (χ4n) is 3.01. The number of rotatable bonds is 4. The number of nitrogens with one attached hydrogen (secondary N) is 1. The van der Waals surface area contributed by atoms with Crippen LogP contribution < -0.4 is 11.1 Å². The van der Waals surface area contributed by atoms with Crippen LogP contribution in [-0.2, 0) is 4.79 Å². The van der Waals surface area contributed by atoms with Crippen LogP contribution in [0, 0.1) is 5.92 Å². The number of hydrogen-bond donors (Lipinski definition) is 2. The Morgan fingerprint density at radius 2 is 1.95 bits per heavy atom. The lowest BCUT2D eigenvalue weighted by atomic mass is 9.97. The van der Waals surface area contributed by atoms with Gasteiger partial charge < -0.3 is 11.1 Å². The largest absolute Gasteiger partial charge is 0.353 e. The predicted molar refractivity (Wildman–Crippen MR) is 89.7 cm³/mol. The fraction of sp³-hybridized carbons (Fsp3) is 0.588. The number of halogens is 1. The molecule has 1 fully saturated rings. The van der Waals surface area contributed by atoms with Crippen LogP contribution in [0.4, 0.5) is 0 Å². The van der Waals surface area contributed by atoms with Crippen LogP contribution in [0.5, 0.6) is 0 Å². The van der Waals surface area contributed by atoms with Gasteiger partial charge in [0.05, 0.1) is 5.92 Å². The van der Waals surface area contributed by atoms with Crippen molar-refractivity contribution in [2.45, 2.75) is 51.0 Å². The number of carbonyl (C=O) groups excluding carboxylic acids is 1. The van der Waals surface area contributed by atoms with Crippen molar-refractivity contribution in [3.8, 4) is 0 Å². The summed E-state index contributed by atoms with van der Waals surface area (Å²) in [7, 11) is 0. The molecule has 1 aliphatic carbocycles. The monoisotopic (exact) mass is 310 g/mol. The molecule has 1 aliphatic rings. The highest BCUT2D eigenvalue weighted by Crippen LogP contribution is 2.23. The molecule has 21 heavy (non-hydrogen) atoms. The van der Waals surface area contributed by atoms with Gasteiger partial charge in [-0.05, 0) is 30.7 Å². The average molecular weight is 311 g/mol. The molecular weight excluding hydrogens is 284 g/mol. The molecule has 3 atom stereocenters. The Hall–Kier alpha value is -1.06. The summed E-state index contributed by atoms with van der Waals surface area (Å²) in [6.07, 6.45) is 5.90. The first-order chi connectivity index (χ1) is 9.70. The van der Waals surface area contributed by atoms with Crippen molar-refractivity contribution in [2.24, 2.45) is 11.7 Å². The van der Waals surface area contributed by atoms with Gasteiger partial charge in [-0.1, -0.05) is 50.1 Å². The first-order valence-electron chi connectivity index (χ1n) is 7.76. The quantitative estimate of drug-likeness (QED) is 0.839. The molecule has 1 aromatic carbocycles. The first-order valence-corrected chi connectivity index (χ1v) is 7.76. The summed E-state index contributed by atoms with van der Waals surface area (Å²) in [5, 5.41) is 3.21. The van der Waals surface area contributed by atoms with Gasteiger partial charge in [-0.2, -0.15) is 0 Å². The maximum atomic E-state index is 12.4. The molecule has 1 aromatic rings. The summed E-state index contributed by atoms with van der Waals surface area (Å²) in [5.74, 6) is 0.645. The number of carbonyl (C=O) groups is 1. The molecule has 0 spiro atoms. The summed E-state index contributed by atoms with van der Waals surface area (Å²) >= 11 is 0. The summed E-state index contributed by atoms with van der Waals surface area (Å²) in [5.41, 5.74) is 6.81. The van der Waals surface area contributed by atoms with Crippen molar-refractivity contribution in [1.82, 2.24) is 5.32 Å². The maximum absolute atomic E-state index is 12.4. The third-order valence-corrected chi connectivity index (χ3v) is 4.36. The minimum atomic E-state index is -0.225. The third kappa shape index (κ3) is 5.33. The van der Waals surface area contributed by atoms with E-state index in [1.54, 1.807) is 0 Å². The molecule has 0 heterocycles. The standard InChI is InChI=1S/C17H26N2O.ClH/c1-13-6-5-9-15(11-10-13)19-17(20)16(12-18)14-7-3-2-4-8-14;/h2-4,7-8,13,15-16H,5-6,9-12,18H2,1H3,(H,19,20);1H. The van der Waals surface area contributed by atoms with Gasteiger partial charge in [0.2, 0.25) is 5.91 Å². The van der Waals surface area contributed by atoms with E-state index in [0.717, 1.165) is 24.3 Å². The fourth-order valence-corrected chi connectivity index (χ4v) is 3.01. The van der Waals surface area contributed by atoms with Gasteiger partial charge in [-0.25, -0.2) is 0 Å². The molecule has 2 rings (SSSR count). The number of amides is 1. The highest BCUT2D eigenvalue weighted by molar-refractivity contribution is 5.85. The van der Waals surface area contributed by atoms with Crippen LogP contribution >= 0.6 is 12.4 Å². The Kier molecular flexibility index (Phi) is 7.76. The highest BCUT2D eigenvalue weighted by Gasteiger charge is 2.23. The van der Waals surface area contributed by atoms with E-state index in [9.17, 15) is 4.79 Å². The van der Waals surface area contributed by atoms with E-state index in [4.69, 9.17) is 5.73 Å². The summed E-state index contributed by atoms with van der Waals surface area (Å²) < 4.78 is 0. The Morgan fingerprint density at radius 3 is 2.62 bits per heavy atom. The lowest BCUT2D eigenvalue weighted by Crippen LogP contribution is -2.40. The van der Waals surface area contributed by atoms with Gasteiger partial charge in [0.1, 0.15) is 0 Å². The van der Waals surface area contributed by atoms with Gasteiger partial charge in [-0.15, -0.1) is 12.4 Å². The Morgan fingerprint density at radius 1 is 1.24 bits per heavy atom. The lowest BCUT2D eigenvalue weighted by Gasteiger charge is -2.21. The van der Waals surface area contributed by atoms with Crippen LogP contribution in [0.3, 0.4) is 0 Å². The second-order valence-corrected chi connectivity index (χ2v) is 6.02. The van der Waals surface area contributed by atoms with Crippen LogP contribution in [-0.4, -0.2) is 18.5 Å². The van der Waals surface area contributed by atoms with Crippen molar-refractivity contribution < 1.29 is 4.79 Å². The molecule has 118 valence electrons. The van der Waals surface area contributed by atoms with E-state index in [1.165, 1.54) is 19.3 Å². The van der Waals surface area contributed by atoms with Gasteiger partial charge in [0.15, 0.2) is 0 Å². The van der Waals surface area contributed by atoms with Crippen LogP contribution in [0.25, 0.3) is 0 Å². The molecule has 1 amide bonds. The Labute approximate surface area is 134 Å². The van der Waals surface area contributed by atoms with Crippen molar-refractivity contribution >= 4 is 18.3 Å². The number of benzene rings is 1. The first kappa shape index (κ1) is 18.0. The van der Waals surface area contributed by atoms with E-state index in [2.05, 4.69) is 12.2 Å². The predicted octanol–water partition coefficient (Wildman–Crippen LogP) is 3.24. The molecule has 4 heteroatoms. The van der Waals surface area contributed by atoms with E-state index in [0.29, 0.717) is 12.6 Å². The minimum absolute atomic E-state index is 0. The molecule has 0 saturated heterocycles. The molecule has 1 saturated carbocycles. The molecule has 0 aliphatic heterocycles. The van der Waals surface area contributed by atoms with Crippen molar-refractivity contribution in [3.05, 3.63) is 35.9 Å². The van der Waals surface area contributed by atoms with Gasteiger partial charge in [0, 0.05) is 12.6 Å². The summed E-state index contributed by atoms with van der Waals surface area (Å²) in [4.78, 5) is 12.4. The van der Waals surface area contributed by atoms with Crippen molar-refractivity contribution in [2.75, 3.05) is 6.54 Å². The molecule has 3 unspecified atom stereocenters. The van der Waals surface area contributed by atoms with Crippen molar-refractivity contribution in [3.63, 3.8) is 0 Å². The zero-order valence-electron chi connectivity index (χ0n) is 12.8. The van der Waals surface area contributed by atoms with E-state index >= 15 is 0 Å². The smallest absolute Gasteiger partial charge is 0.229 e. The van der Waals surface area contributed by atoms with E-state index < -0.39 is 0 Å². The second kappa shape index (κ2) is 9.06. The summed E-state index contributed by atoms with van der Waals surface area (Å²) in [6.45, 7) is 2.66.